The quantitative estimate of drug-likeness (QED) is 0.524. The number of urea groups is 1. The van der Waals surface area contributed by atoms with E-state index in [0.717, 1.165) is 0 Å². The van der Waals surface area contributed by atoms with E-state index in [0.29, 0.717) is 32.4 Å². The molecular formula is C10H16N4O3. The summed E-state index contributed by atoms with van der Waals surface area (Å²) in [5.74, 6) is -0.349. The second-order valence-corrected chi connectivity index (χ2v) is 4.45. The summed E-state index contributed by atoms with van der Waals surface area (Å²) in [6, 6.07) is -0.480. The minimum absolute atomic E-state index is 0.0127. The Morgan fingerprint density at radius 2 is 2.24 bits per heavy atom. The Morgan fingerprint density at radius 1 is 1.47 bits per heavy atom. The molecule has 2 saturated heterocycles. The minimum atomic E-state index is -0.907. The third-order valence-corrected chi connectivity index (χ3v) is 3.23. The average molecular weight is 240 g/mol. The Balaban J connectivity index is 1.97. The highest BCUT2D eigenvalue weighted by molar-refractivity contribution is 6.07. The van der Waals surface area contributed by atoms with Crippen LogP contribution in [0.25, 0.3) is 0 Å². The Hall–Kier alpha value is -1.63. The van der Waals surface area contributed by atoms with Gasteiger partial charge in [-0.25, -0.2) is 4.79 Å². The molecule has 2 rings (SSSR count). The highest BCUT2D eigenvalue weighted by Gasteiger charge is 2.51. The largest absolute Gasteiger partial charge is 0.340 e. The van der Waals surface area contributed by atoms with Gasteiger partial charge < -0.3 is 16.0 Å². The van der Waals surface area contributed by atoms with E-state index < -0.39 is 11.6 Å². The molecule has 4 amide bonds. The Kier molecular flexibility index (Phi) is 3.01. The molecule has 0 radical (unpaired) electrons. The van der Waals surface area contributed by atoms with Crippen LogP contribution in [0, 0.1) is 0 Å². The molecule has 2 aliphatic rings. The number of nitrogens with zero attached hydrogens (tertiary/aromatic N) is 1. The molecule has 7 nitrogen and oxygen atoms in total. The van der Waals surface area contributed by atoms with Crippen LogP contribution in [0.3, 0.4) is 0 Å². The van der Waals surface area contributed by atoms with Gasteiger partial charge in [-0.15, -0.1) is 0 Å². The van der Waals surface area contributed by atoms with Gasteiger partial charge in [0.2, 0.25) is 5.91 Å². The van der Waals surface area contributed by atoms with Crippen molar-refractivity contribution in [3.05, 3.63) is 0 Å². The van der Waals surface area contributed by atoms with Gasteiger partial charge in [-0.2, -0.15) is 0 Å². The van der Waals surface area contributed by atoms with Gasteiger partial charge in [0.25, 0.3) is 5.91 Å². The van der Waals surface area contributed by atoms with Crippen molar-refractivity contribution in [3.8, 4) is 0 Å². The molecule has 4 N–H and O–H groups in total. The number of nitrogens with two attached hydrogens (primary N) is 1. The molecule has 0 aromatic rings. The van der Waals surface area contributed by atoms with E-state index in [2.05, 4.69) is 10.6 Å². The van der Waals surface area contributed by atoms with Gasteiger partial charge in [-0.3, -0.25) is 14.9 Å². The number of hydrogen-bond donors (Lipinski definition) is 3. The Bertz CT molecular complexity index is 371. The average Bonchev–Trinajstić information content (AvgIpc) is 2.81. The summed E-state index contributed by atoms with van der Waals surface area (Å²) in [5.41, 5.74) is 4.43. The van der Waals surface area contributed by atoms with Crippen molar-refractivity contribution >= 4 is 17.8 Å². The second kappa shape index (κ2) is 4.33. The maximum Gasteiger partial charge on any atom is 0.322 e. The van der Waals surface area contributed by atoms with Crippen molar-refractivity contribution < 1.29 is 14.4 Å². The summed E-state index contributed by atoms with van der Waals surface area (Å²) < 4.78 is 0. The first kappa shape index (κ1) is 11.8. The number of rotatable bonds is 3. The molecule has 0 bridgehead atoms. The number of imide groups is 1. The Labute approximate surface area is 98.7 Å². The van der Waals surface area contributed by atoms with Crippen LogP contribution in [0.5, 0.6) is 0 Å². The van der Waals surface area contributed by atoms with Crippen LogP contribution in [0.1, 0.15) is 19.3 Å². The summed E-state index contributed by atoms with van der Waals surface area (Å²) in [5, 5.41) is 4.81. The Morgan fingerprint density at radius 3 is 2.82 bits per heavy atom. The molecule has 2 heterocycles. The smallest absolute Gasteiger partial charge is 0.322 e. The van der Waals surface area contributed by atoms with Crippen LogP contribution in [0.2, 0.25) is 0 Å². The van der Waals surface area contributed by atoms with Gasteiger partial charge in [-0.1, -0.05) is 0 Å². The first-order valence-electron chi connectivity index (χ1n) is 5.69. The number of carbonyl (C=O) groups excluding carboxylic acids is 3. The van der Waals surface area contributed by atoms with Crippen molar-refractivity contribution in [2.45, 2.75) is 24.8 Å². The fourth-order valence-corrected chi connectivity index (χ4v) is 2.25. The van der Waals surface area contributed by atoms with Crippen LogP contribution in [-0.4, -0.2) is 47.9 Å². The fourth-order valence-electron chi connectivity index (χ4n) is 2.25. The van der Waals surface area contributed by atoms with Gasteiger partial charge in [0.05, 0.1) is 6.54 Å². The van der Waals surface area contributed by atoms with Crippen LogP contribution in [-0.2, 0) is 9.59 Å². The van der Waals surface area contributed by atoms with Crippen LogP contribution < -0.4 is 16.4 Å². The first-order chi connectivity index (χ1) is 8.07. The van der Waals surface area contributed by atoms with Crippen molar-refractivity contribution in [1.29, 1.82) is 0 Å². The third kappa shape index (κ3) is 2.10. The van der Waals surface area contributed by atoms with Crippen molar-refractivity contribution in [2.24, 2.45) is 5.73 Å². The van der Waals surface area contributed by atoms with Gasteiger partial charge in [-0.05, 0) is 19.4 Å². The van der Waals surface area contributed by atoms with E-state index in [-0.39, 0.29) is 18.4 Å². The number of hydrogen-bond acceptors (Lipinski definition) is 4. The minimum Gasteiger partial charge on any atom is -0.340 e. The zero-order chi connectivity index (χ0) is 12.5. The standard InChI is InChI=1S/C10H16N4O3/c11-4-1-2-7(15)14-5-3-10(6-14)8(16)12-9(17)13-10/h1-6,11H2,(H2,12,13,16,17). The predicted molar refractivity (Wildman–Crippen MR) is 58.9 cm³/mol. The number of carbonyl (C=O) groups is 3. The van der Waals surface area contributed by atoms with E-state index in [9.17, 15) is 14.4 Å². The van der Waals surface area contributed by atoms with Gasteiger partial charge >= 0.3 is 6.03 Å². The van der Waals surface area contributed by atoms with Crippen molar-refractivity contribution in [3.63, 3.8) is 0 Å². The monoisotopic (exact) mass is 240 g/mol. The summed E-state index contributed by atoms with van der Waals surface area (Å²) in [4.78, 5) is 36.1. The molecule has 94 valence electrons. The highest BCUT2D eigenvalue weighted by Crippen LogP contribution is 2.25. The van der Waals surface area contributed by atoms with E-state index >= 15 is 0 Å². The molecule has 7 heteroatoms. The summed E-state index contributed by atoms with van der Waals surface area (Å²) in [7, 11) is 0. The highest BCUT2D eigenvalue weighted by atomic mass is 16.2. The SMILES string of the molecule is NCCCC(=O)N1CCC2(C1)NC(=O)NC2=O. The molecule has 0 aliphatic carbocycles. The predicted octanol–water partition coefficient (Wildman–Crippen LogP) is -1.46. The number of amides is 4. The van der Waals surface area contributed by atoms with Crippen molar-refractivity contribution in [2.75, 3.05) is 19.6 Å². The van der Waals surface area contributed by atoms with E-state index in [1.807, 2.05) is 0 Å². The van der Waals surface area contributed by atoms with E-state index in [1.165, 1.54) is 0 Å². The lowest BCUT2D eigenvalue weighted by Crippen LogP contribution is -2.49. The van der Waals surface area contributed by atoms with E-state index in [1.54, 1.807) is 4.90 Å². The lowest BCUT2D eigenvalue weighted by atomic mass is 9.99. The summed E-state index contributed by atoms with van der Waals surface area (Å²) in [6.07, 6.45) is 1.50. The molecule has 0 aromatic heterocycles. The summed E-state index contributed by atoms with van der Waals surface area (Å²) in [6.45, 7) is 1.23. The lowest BCUT2D eigenvalue weighted by molar-refractivity contribution is -0.130. The van der Waals surface area contributed by atoms with Gasteiger partial charge in [0, 0.05) is 13.0 Å². The first-order valence-corrected chi connectivity index (χ1v) is 5.69. The van der Waals surface area contributed by atoms with Crippen LogP contribution in [0.4, 0.5) is 4.79 Å². The van der Waals surface area contributed by atoms with Crippen LogP contribution >= 0.6 is 0 Å². The van der Waals surface area contributed by atoms with Crippen LogP contribution in [0.15, 0.2) is 0 Å². The molecule has 2 fully saturated rings. The molecule has 1 atom stereocenters. The molecule has 1 unspecified atom stereocenters. The van der Waals surface area contributed by atoms with Gasteiger partial charge in [0.1, 0.15) is 5.54 Å². The molecule has 1 spiro atoms. The molecular weight excluding hydrogens is 224 g/mol. The molecule has 0 saturated carbocycles. The molecule has 17 heavy (non-hydrogen) atoms. The fraction of sp³-hybridized carbons (Fsp3) is 0.700. The molecule has 0 aromatic carbocycles. The third-order valence-electron chi connectivity index (χ3n) is 3.23. The summed E-state index contributed by atoms with van der Waals surface area (Å²) >= 11 is 0. The zero-order valence-electron chi connectivity index (χ0n) is 9.49. The van der Waals surface area contributed by atoms with E-state index in [4.69, 9.17) is 5.73 Å². The second-order valence-electron chi connectivity index (χ2n) is 4.45. The normalized spacial score (nSPS) is 27.5. The zero-order valence-corrected chi connectivity index (χ0v) is 9.49. The van der Waals surface area contributed by atoms with Crippen molar-refractivity contribution in [1.82, 2.24) is 15.5 Å². The molecule has 2 aliphatic heterocycles. The number of likely N-dealkylation sites (tertiary alicyclic amines) is 1. The topological polar surface area (TPSA) is 105 Å². The van der Waals surface area contributed by atoms with Gasteiger partial charge in [0.15, 0.2) is 0 Å². The lowest BCUT2D eigenvalue weighted by Gasteiger charge is -2.21. The maximum atomic E-state index is 11.8. The maximum absolute atomic E-state index is 11.8. The number of nitrogens with one attached hydrogen (secondary N) is 2.